The second kappa shape index (κ2) is 16.5. The third-order valence-corrected chi connectivity index (χ3v) is 6.54. The molecular weight excluding hydrogens is 644 g/mol. The van der Waals surface area contributed by atoms with Crippen LogP contribution in [-0.2, 0) is 23.9 Å². The minimum atomic E-state index is -0.646. The van der Waals surface area contributed by atoms with E-state index in [4.69, 9.17) is 35.9 Å². The van der Waals surface area contributed by atoms with E-state index >= 15 is 0 Å². The van der Waals surface area contributed by atoms with Crippen LogP contribution in [0, 0.1) is 0 Å². The number of ether oxygens (including phenoxy) is 5. The van der Waals surface area contributed by atoms with Crippen LogP contribution in [0.25, 0.3) is 0 Å². The van der Waals surface area contributed by atoms with Crippen LogP contribution in [0.4, 0.5) is 0 Å². The number of hydrogen-bond acceptors (Lipinski definition) is 10. The Morgan fingerprint density at radius 1 is 1.00 bits per heavy atom. The molecule has 2 aromatic rings. The van der Waals surface area contributed by atoms with Gasteiger partial charge >= 0.3 is 11.9 Å². The highest BCUT2D eigenvalue weighted by Gasteiger charge is 2.32. The molecule has 230 valence electrons. The van der Waals surface area contributed by atoms with Crippen LogP contribution >= 0.6 is 28.1 Å². The molecule has 1 aliphatic heterocycles. The minimum absolute atomic E-state index is 0.211. The molecule has 0 radical (unpaired) electrons. The summed E-state index contributed by atoms with van der Waals surface area (Å²) in [6, 6.07) is 9.71. The Bertz CT molecular complexity index is 1410. The van der Waals surface area contributed by atoms with Crippen LogP contribution in [0.15, 0.2) is 57.2 Å². The lowest BCUT2D eigenvalue weighted by Crippen LogP contribution is -2.45. The Labute approximate surface area is 263 Å². The fourth-order valence-corrected chi connectivity index (χ4v) is 4.86. The van der Waals surface area contributed by atoms with Gasteiger partial charge in [-0.15, -0.1) is 0 Å². The number of para-hydroxylation sites is 1. The number of allylic oxidation sites excluding steroid dienone is 1. The van der Waals surface area contributed by atoms with Gasteiger partial charge in [-0.2, -0.15) is 5.10 Å². The van der Waals surface area contributed by atoms with E-state index in [0.29, 0.717) is 55.8 Å². The van der Waals surface area contributed by atoms with Crippen molar-refractivity contribution in [1.29, 1.82) is 0 Å². The van der Waals surface area contributed by atoms with Crippen LogP contribution in [-0.4, -0.2) is 62.2 Å². The topological polar surface area (TPSA) is 146 Å². The van der Waals surface area contributed by atoms with E-state index in [1.54, 1.807) is 57.2 Å². The number of benzene rings is 2. The molecule has 0 saturated heterocycles. The van der Waals surface area contributed by atoms with Crippen molar-refractivity contribution in [3.63, 3.8) is 0 Å². The Balaban J connectivity index is 1.68. The molecule has 12 nitrogen and oxygen atoms in total. The molecule has 0 fully saturated rings. The van der Waals surface area contributed by atoms with Crippen molar-refractivity contribution in [2.45, 2.75) is 33.7 Å². The average molecular weight is 678 g/mol. The van der Waals surface area contributed by atoms with Crippen LogP contribution in [0.5, 0.6) is 17.2 Å². The quantitative estimate of drug-likeness (QED) is 0.117. The molecule has 1 heterocycles. The van der Waals surface area contributed by atoms with Crippen molar-refractivity contribution in [2.24, 2.45) is 5.10 Å². The number of carbonyl (C=O) groups excluding carboxylic acids is 3. The third kappa shape index (κ3) is 9.41. The molecule has 43 heavy (non-hydrogen) atoms. The van der Waals surface area contributed by atoms with Crippen molar-refractivity contribution in [1.82, 2.24) is 16.1 Å². The minimum Gasteiger partial charge on any atom is -0.490 e. The smallest absolute Gasteiger partial charge is 0.344 e. The van der Waals surface area contributed by atoms with Gasteiger partial charge in [0.15, 0.2) is 29.8 Å². The summed E-state index contributed by atoms with van der Waals surface area (Å²) in [5.41, 5.74) is 4.53. The fraction of sp³-hybridized carbons (Fsp3) is 0.345. The molecule has 1 aliphatic rings. The third-order valence-electron chi connectivity index (χ3n) is 5.73. The second-order valence-electron chi connectivity index (χ2n) is 8.77. The number of hydrazone groups is 1. The van der Waals surface area contributed by atoms with Crippen LogP contribution in [0.2, 0.25) is 0 Å². The summed E-state index contributed by atoms with van der Waals surface area (Å²) in [5.74, 6) is -0.420. The van der Waals surface area contributed by atoms with E-state index in [0.717, 1.165) is 0 Å². The molecule has 3 rings (SSSR count). The summed E-state index contributed by atoms with van der Waals surface area (Å²) in [4.78, 5) is 37.0. The summed E-state index contributed by atoms with van der Waals surface area (Å²) in [6.45, 7) is 7.17. The molecule has 14 heteroatoms. The molecule has 0 spiro atoms. The predicted molar refractivity (Wildman–Crippen MR) is 166 cm³/mol. The molecule has 0 bridgehead atoms. The molecule has 0 aromatic heterocycles. The first kappa shape index (κ1) is 33.3. The SMILES string of the molecule is CCOC(=O)COc1c(Br)cc(C=NNC(=O)COc2ccccc2[C@@H]2NC(=S)NC(C)=C2C(=O)OCC)cc1OCC. The van der Waals surface area contributed by atoms with Crippen molar-refractivity contribution >= 4 is 57.3 Å². The lowest BCUT2D eigenvalue weighted by molar-refractivity contribution is -0.145. The summed E-state index contributed by atoms with van der Waals surface area (Å²) < 4.78 is 27.7. The number of nitrogens with zero attached hydrogens (tertiary/aromatic N) is 1. The Morgan fingerprint density at radius 3 is 2.47 bits per heavy atom. The maximum Gasteiger partial charge on any atom is 0.344 e. The normalized spacial score (nSPS) is 14.4. The zero-order chi connectivity index (χ0) is 31.4. The largest absolute Gasteiger partial charge is 0.490 e. The number of halogens is 1. The summed E-state index contributed by atoms with van der Waals surface area (Å²) in [6.07, 6.45) is 1.42. The number of esters is 2. The molecule has 0 aliphatic carbocycles. The monoisotopic (exact) mass is 676 g/mol. The number of carbonyl (C=O) groups is 3. The first-order valence-electron chi connectivity index (χ1n) is 13.4. The standard InChI is InChI=1S/C29H33BrN4O8S/c1-5-38-22-13-18(12-20(30)27(22)42-16-24(36)39-6-2)14-31-34-23(35)15-41-21-11-9-8-10-19(21)26-25(28(37)40-7-3)17(4)32-29(43)33-26/h8-14,26H,5-7,15-16H2,1-4H3,(H,34,35)(H2,32,33,43)/t26-/m0/s1. The van der Waals surface area contributed by atoms with E-state index < -0.39 is 23.9 Å². The van der Waals surface area contributed by atoms with Crippen LogP contribution in [0.1, 0.15) is 44.9 Å². The van der Waals surface area contributed by atoms with Gasteiger partial charge < -0.3 is 34.3 Å². The van der Waals surface area contributed by atoms with Crippen molar-refractivity contribution in [2.75, 3.05) is 33.0 Å². The first-order valence-corrected chi connectivity index (χ1v) is 14.6. The van der Waals surface area contributed by atoms with Crippen LogP contribution < -0.4 is 30.3 Å². The van der Waals surface area contributed by atoms with Crippen molar-refractivity contribution in [3.05, 3.63) is 63.3 Å². The summed E-state index contributed by atoms with van der Waals surface area (Å²) in [5, 5.41) is 10.4. The molecule has 3 N–H and O–H groups in total. The van der Waals surface area contributed by atoms with E-state index in [-0.39, 0.29) is 26.4 Å². The first-order chi connectivity index (χ1) is 20.7. The highest BCUT2D eigenvalue weighted by molar-refractivity contribution is 9.10. The zero-order valence-electron chi connectivity index (χ0n) is 24.2. The molecule has 0 unspecified atom stereocenters. The Kier molecular flexibility index (Phi) is 12.8. The lowest BCUT2D eigenvalue weighted by atomic mass is 9.95. The molecule has 1 amide bonds. The van der Waals surface area contributed by atoms with E-state index in [1.165, 1.54) is 6.21 Å². The molecule has 1 atom stereocenters. The number of rotatable bonds is 14. The highest BCUT2D eigenvalue weighted by atomic mass is 79.9. The maximum absolute atomic E-state index is 12.7. The van der Waals surface area contributed by atoms with Gasteiger partial charge in [0, 0.05) is 11.3 Å². The van der Waals surface area contributed by atoms with Gasteiger partial charge in [0.05, 0.1) is 42.1 Å². The number of nitrogens with one attached hydrogen (secondary N) is 3. The number of amides is 1. The fourth-order valence-electron chi connectivity index (χ4n) is 4.01. The average Bonchev–Trinajstić information content (AvgIpc) is 2.96. The predicted octanol–water partition coefficient (Wildman–Crippen LogP) is 3.67. The van der Waals surface area contributed by atoms with Gasteiger partial charge in [-0.1, -0.05) is 18.2 Å². The second-order valence-corrected chi connectivity index (χ2v) is 10.0. The molecule has 0 saturated carbocycles. The van der Waals surface area contributed by atoms with Crippen molar-refractivity contribution < 1.29 is 38.1 Å². The lowest BCUT2D eigenvalue weighted by Gasteiger charge is -2.30. The Morgan fingerprint density at radius 2 is 1.74 bits per heavy atom. The van der Waals surface area contributed by atoms with Gasteiger partial charge in [0.1, 0.15) is 5.75 Å². The van der Waals surface area contributed by atoms with Crippen molar-refractivity contribution in [3.8, 4) is 17.2 Å². The number of hydrogen-bond donors (Lipinski definition) is 3. The molecular formula is C29H33BrN4O8S. The van der Waals surface area contributed by atoms with Gasteiger partial charge in [0.2, 0.25) is 0 Å². The van der Waals surface area contributed by atoms with E-state index in [1.807, 2.05) is 6.92 Å². The Hall–Kier alpha value is -4.17. The van der Waals surface area contributed by atoms with E-state index in [2.05, 4.69) is 37.1 Å². The van der Waals surface area contributed by atoms with Crippen LogP contribution in [0.3, 0.4) is 0 Å². The van der Waals surface area contributed by atoms with E-state index in [9.17, 15) is 14.4 Å². The van der Waals surface area contributed by atoms with Gasteiger partial charge in [-0.3, -0.25) is 4.79 Å². The number of thiocarbonyl (C=S) groups is 1. The van der Waals surface area contributed by atoms with Gasteiger partial charge in [-0.05, 0) is 79.6 Å². The summed E-state index contributed by atoms with van der Waals surface area (Å²) >= 11 is 8.73. The van der Waals surface area contributed by atoms with Gasteiger partial charge in [-0.25, -0.2) is 15.0 Å². The highest BCUT2D eigenvalue weighted by Crippen LogP contribution is 2.37. The molecule has 2 aromatic carbocycles. The zero-order valence-corrected chi connectivity index (χ0v) is 26.6. The van der Waals surface area contributed by atoms with Gasteiger partial charge in [0.25, 0.3) is 5.91 Å². The summed E-state index contributed by atoms with van der Waals surface area (Å²) in [7, 11) is 0. The maximum atomic E-state index is 12.7.